The van der Waals surface area contributed by atoms with Gasteiger partial charge in [0, 0.05) is 16.4 Å². The second-order valence-corrected chi connectivity index (χ2v) is 5.73. The van der Waals surface area contributed by atoms with Gasteiger partial charge in [0.2, 0.25) is 0 Å². The Balaban J connectivity index is 2.04. The first kappa shape index (κ1) is 12.9. The van der Waals surface area contributed by atoms with Crippen molar-refractivity contribution in [1.29, 1.82) is 0 Å². The van der Waals surface area contributed by atoms with E-state index in [0.717, 1.165) is 15.1 Å². The molecule has 0 fully saturated rings. The Hall–Kier alpha value is -0.580. The highest BCUT2D eigenvalue weighted by Crippen LogP contribution is 2.24. The Morgan fingerprint density at radius 2 is 2.12 bits per heavy atom. The number of benzene rings is 1. The van der Waals surface area contributed by atoms with Gasteiger partial charge in [-0.05, 0) is 35.9 Å². The first-order valence-electron chi connectivity index (χ1n) is 4.83. The van der Waals surface area contributed by atoms with Gasteiger partial charge in [0.25, 0.3) is 0 Å². The van der Waals surface area contributed by atoms with Crippen LogP contribution in [0.15, 0.2) is 46.0 Å². The third-order valence-electron chi connectivity index (χ3n) is 2.01. The van der Waals surface area contributed by atoms with E-state index >= 15 is 0 Å². The molecule has 88 valence electrons. The highest BCUT2D eigenvalue weighted by Gasteiger charge is 2.01. The summed E-state index contributed by atoms with van der Waals surface area (Å²) in [6.07, 6.45) is 1.60. The molecule has 0 radical (unpaired) electrons. The smallest absolute Gasteiger partial charge is 0.124 e. The molecule has 17 heavy (non-hydrogen) atoms. The van der Waals surface area contributed by atoms with Gasteiger partial charge in [-0.25, -0.2) is 9.37 Å². The molecule has 2 rings (SSSR count). The standard InChI is InChI=1S/C12H8BrClFNS/c13-9-3-8(4-11(15)5-9)7-17-12-2-1-10(14)6-16-12/h1-6H,7H2. The highest BCUT2D eigenvalue weighted by molar-refractivity contribution is 9.10. The number of rotatable bonds is 3. The number of aromatic nitrogens is 1. The van der Waals surface area contributed by atoms with Gasteiger partial charge in [-0.15, -0.1) is 11.8 Å². The maximum Gasteiger partial charge on any atom is 0.124 e. The predicted octanol–water partition coefficient (Wildman–Crippen LogP) is 4.93. The molecule has 1 aromatic heterocycles. The van der Waals surface area contributed by atoms with Crippen molar-refractivity contribution >= 4 is 39.3 Å². The van der Waals surface area contributed by atoms with Crippen molar-refractivity contribution in [1.82, 2.24) is 4.98 Å². The van der Waals surface area contributed by atoms with Crippen molar-refractivity contribution in [3.63, 3.8) is 0 Å². The minimum absolute atomic E-state index is 0.237. The maximum atomic E-state index is 13.1. The van der Waals surface area contributed by atoms with E-state index < -0.39 is 0 Å². The average Bonchev–Trinajstić information content (AvgIpc) is 2.27. The number of thioether (sulfide) groups is 1. The fourth-order valence-corrected chi connectivity index (χ4v) is 2.70. The lowest BCUT2D eigenvalue weighted by molar-refractivity contribution is 0.625. The Labute approximate surface area is 117 Å². The predicted molar refractivity (Wildman–Crippen MR) is 72.9 cm³/mol. The van der Waals surface area contributed by atoms with Crippen molar-refractivity contribution in [2.45, 2.75) is 10.8 Å². The lowest BCUT2D eigenvalue weighted by Crippen LogP contribution is -1.85. The molecule has 0 spiro atoms. The van der Waals surface area contributed by atoms with Crippen LogP contribution in [0.2, 0.25) is 5.02 Å². The molecule has 0 unspecified atom stereocenters. The van der Waals surface area contributed by atoms with E-state index in [9.17, 15) is 4.39 Å². The van der Waals surface area contributed by atoms with E-state index in [1.54, 1.807) is 24.0 Å². The Bertz CT molecular complexity index is 498. The molecule has 0 saturated heterocycles. The molecule has 0 atom stereocenters. The number of pyridine rings is 1. The lowest BCUT2D eigenvalue weighted by Gasteiger charge is -2.02. The van der Waals surface area contributed by atoms with Gasteiger partial charge in [-0.3, -0.25) is 0 Å². The van der Waals surface area contributed by atoms with Crippen molar-refractivity contribution < 1.29 is 4.39 Å². The minimum Gasteiger partial charge on any atom is -0.248 e. The van der Waals surface area contributed by atoms with Gasteiger partial charge in [0.05, 0.1) is 10.0 Å². The third kappa shape index (κ3) is 3.98. The van der Waals surface area contributed by atoms with E-state index in [4.69, 9.17) is 11.6 Å². The molecule has 2 aromatic rings. The molecule has 0 N–H and O–H groups in total. The van der Waals surface area contributed by atoms with Crippen LogP contribution in [0.5, 0.6) is 0 Å². The molecule has 0 aliphatic carbocycles. The molecule has 0 amide bonds. The zero-order valence-corrected chi connectivity index (χ0v) is 11.8. The maximum absolute atomic E-state index is 13.1. The second kappa shape index (κ2) is 5.85. The summed E-state index contributed by atoms with van der Waals surface area (Å²) in [5.41, 5.74) is 0.915. The molecule has 0 saturated carbocycles. The fraction of sp³-hybridized carbons (Fsp3) is 0.0833. The molecule has 0 aliphatic heterocycles. The quantitative estimate of drug-likeness (QED) is 0.739. The van der Waals surface area contributed by atoms with Crippen molar-refractivity contribution in [3.8, 4) is 0 Å². The van der Waals surface area contributed by atoms with Crippen LogP contribution >= 0.6 is 39.3 Å². The van der Waals surface area contributed by atoms with Gasteiger partial charge in [0.15, 0.2) is 0 Å². The van der Waals surface area contributed by atoms with Crippen molar-refractivity contribution in [2.24, 2.45) is 0 Å². The van der Waals surface area contributed by atoms with Crippen LogP contribution in [0.1, 0.15) is 5.56 Å². The fourth-order valence-electron chi connectivity index (χ4n) is 1.30. The minimum atomic E-state index is -0.237. The topological polar surface area (TPSA) is 12.9 Å². The van der Waals surface area contributed by atoms with Gasteiger partial charge in [0.1, 0.15) is 5.82 Å². The van der Waals surface area contributed by atoms with Gasteiger partial charge < -0.3 is 0 Å². The number of hydrogen-bond acceptors (Lipinski definition) is 2. The summed E-state index contributed by atoms with van der Waals surface area (Å²) in [7, 11) is 0. The number of nitrogens with zero attached hydrogens (tertiary/aromatic N) is 1. The Morgan fingerprint density at radius 3 is 2.76 bits per heavy atom. The SMILES string of the molecule is Fc1cc(Br)cc(CSc2ccc(Cl)cn2)c1. The Morgan fingerprint density at radius 1 is 1.29 bits per heavy atom. The van der Waals surface area contributed by atoms with E-state index in [-0.39, 0.29) is 5.82 Å². The summed E-state index contributed by atoms with van der Waals surface area (Å²) in [5.74, 6) is 0.435. The summed E-state index contributed by atoms with van der Waals surface area (Å²) in [5, 5.41) is 1.48. The third-order valence-corrected chi connectivity index (χ3v) is 3.71. The molecule has 1 nitrogen and oxygen atoms in total. The zero-order chi connectivity index (χ0) is 12.3. The zero-order valence-electron chi connectivity index (χ0n) is 8.66. The molecule has 0 bridgehead atoms. The summed E-state index contributed by atoms with van der Waals surface area (Å²) in [4.78, 5) is 4.16. The van der Waals surface area contributed by atoms with E-state index in [1.807, 2.05) is 12.1 Å². The van der Waals surface area contributed by atoms with Gasteiger partial charge in [-0.2, -0.15) is 0 Å². The molecule has 0 aliphatic rings. The molecular weight excluding hydrogens is 325 g/mol. The Kier molecular flexibility index (Phi) is 4.42. The average molecular weight is 333 g/mol. The molecule has 1 aromatic carbocycles. The van der Waals surface area contributed by atoms with Crippen molar-refractivity contribution in [2.75, 3.05) is 0 Å². The van der Waals surface area contributed by atoms with Gasteiger partial charge >= 0.3 is 0 Å². The highest BCUT2D eigenvalue weighted by atomic mass is 79.9. The lowest BCUT2D eigenvalue weighted by atomic mass is 10.2. The van der Waals surface area contributed by atoms with Crippen LogP contribution in [-0.4, -0.2) is 4.98 Å². The van der Waals surface area contributed by atoms with Crippen LogP contribution in [0.4, 0.5) is 4.39 Å². The normalized spacial score (nSPS) is 10.5. The van der Waals surface area contributed by atoms with E-state index in [1.165, 1.54) is 12.1 Å². The van der Waals surface area contributed by atoms with Crippen molar-refractivity contribution in [3.05, 3.63) is 57.4 Å². The van der Waals surface area contributed by atoms with Crippen LogP contribution < -0.4 is 0 Å². The van der Waals surface area contributed by atoms with E-state index in [0.29, 0.717) is 10.8 Å². The second-order valence-electron chi connectivity index (χ2n) is 3.38. The first-order chi connectivity index (χ1) is 8.13. The number of hydrogen-bond donors (Lipinski definition) is 0. The molecule has 1 heterocycles. The van der Waals surface area contributed by atoms with Crippen LogP contribution in [-0.2, 0) is 5.75 Å². The number of halogens is 3. The summed E-state index contributed by atoms with van der Waals surface area (Å²) in [6.45, 7) is 0. The summed E-state index contributed by atoms with van der Waals surface area (Å²) >= 11 is 10.6. The van der Waals surface area contributed by atoms with E-state index in [2.05, 4.69) is 20.9 Å². The summed E-state index contributed by atoms with van der Waals surface area (Å²) < 4.78 is 13.9. The molecule has 5 heteroatoms. The first-order valence-corrected chi connectivity index (χ1v) is 6.98. The van der Waals surface area contributed by atoms with Gasteiger partial charge in [-0.1, -0.05) is 27.5 Å². The summed E-state index contributed by atoms with van der Waals surface area (Å²) in [6, 6.07) is 8.49. The van der Waals surface area contributed by atoms with Crippen LogP contribution in [0, 0.1) is 5.82 Å². The van der Waals surface area contributed by atoms with Crippen LogP contribution in [0.3, 0.4) is 0 Å². The monoisotopic (exact) mass is 331 g/mol. The van der Waals surface area contributed by atoms with Crippen LogP contribution in [0.25, 0.3) is 0 Å². The largest absolute Gasteiger partial charge is 0.248 e. The molecular formula is C12H8BrClFNS.